The fourth-order valence-electron chi connectivity index (χ4n) is 3.94. The third-order valence-electron chi connectivity index (χ3n) is 5.57. The number of H-pyrrole nitrogens is 1. The van der Waals surface area contributed by atoms with Crippen molar-refractivity contribution < 1.29 is 32.6 Å². The first kappa shape index (κ1) is 23.6. The van der Waals surface area contributed by atoms with Crippen molar-refractivity contribution in [2.75, 3.05) is 19.6 Å². The third kappa shape index (κ3) is 5.30. The molecule has 11 heteroatoms. The monoisotopic (exact) mass is 476 g/mol. The molecule has 0 radical (unpaired) electrons. The van der Waals surface area contributed by atoms with Crippen molar-refractivity contribution in [1.29, 1.82) is 0 Å². The van der Waals surface area contributed by atoms with Crippen molar-refractivity contribution in [2.45, 2.75) is 31.5 Å². The average Bonchev–Trinajstić information content (AvgIpc) is 3.25. The SMILES string of the molecule is O=C(O)C(F)(F)F.O=C1NCCc2[nH]c(-c3cccc4ccc(OC5CCCNC5)nc34)cc21. The molecule has 2 aromatic heterocycles. The molecule has 1 amide bonds. The summed E-state index contributed by atoms with van der Waals surface area (Å²) in [5, 5.41) is 14.4. The standard InChI is InChI=1S/C21H22N4O2.C2HF3O2/c26-21-16-11-18(24-17(16)8-10-23-21)15-5-1-3-13-6-7-19(25-20(13)15)27-14-4-2-9-22-12-14;3-2(4,5)1(6)7/h1,3,5-7,11,14,22,24H,2,4,8-10,12H2,(H,23,26);(H,6,7). The number of pyridine rings is 1. The zero-order valence-corrected chi connectivity index (χ0v) is 18.0. The minimum atomic E-state index is -5.08. The largest absolute Gasteiger partial charge is 0.490 e. The van der Waals surface area contributed by atoms with E-state index in [0.29, 0.717) is 12.4 Å². The topological polar surface area (TPSA) is 116 Å². The van der Waals surface area contributed by atoms with Gasteiger partial charge in [0.1, 0.15) is 6.10 Å². The Morgan fingerprint density at radius 3 is 2.62 bits per heavy atom. The Hall–Kier alpha value is -3.60. The predicted octanol–water partition coefficient (Wildman–Crippen LogP) is 3.28. The van der Waals surface area contributed by atoms with E-state index in [1.54, 1.807) is 0 Å². The van der Waals surface area contributed by atoms with Crippen LogP contribution in [0.1, 0.15) is 28.9 Å². The number of nitrogens with one attached hydrogen (secondary N) is 3. The molecule has 1 saturated heterocycles. The second kappa shape index (κ2) is 9.72. The quantitative estimate of drug-likeness (QED) is 0.461. The van der Waals surface area contributed by atoms with Gasteiger partial charge < -0.3 is 25.5 Å². The summed E-state index contributed by atoms with van der Waals surface area (Å²) < 4.78 is 37.8. The average molecular weight is 476 g/mol. The highest BCUT2D eigenvalue weighted by molar-refractivity contribution is 6.00. The van der Waals surface area contributed by atoms with Crippen LogP contribution in [0.25, 0.3) is 22.2 Å². The summed E-state index contributed by atoms with van der Waals surface area (Å²) in [5.41, 5.74) is 4.52. The maximum absolute atomic E-state index is 12.1. The van der Waals surface area contributed by atoms with Crippen molar-refractivity contribution in [2.24, 2.45) is 0 Å². The number of piperidine rings is 1. The van der Waals surface area contributed by atoms with Crippen LogP contribution in [0.4, 0.5) is 13.2 Å². The maximum atomic E-state index is 12.1. The predicted molar refractivity (Wildman–Crippen MR) is 118 cm³/mol. The fourth-order valence-corrected chi connectivity index (χ4v) is 3.94. The van der Waals surface area contributed by atoms with Gasteiger partial charge in [0, 0.05) is 47.9 Å². The molecule has 3 aromatic rings. The second-order valence-corrected chi connectivity index (χ2v) is 8.00. The van der Waals surface area contributed by atoms with E-state index in [1.807, 2.05) is 36.4 Å². The first-order valence-electron chi connectivity index (χ1n) is 10.8. The number of hydrogen-bond donors (Lipinski definition) is 4. The summed E-state index contributed by atoms with van der Waals surface area (Å²) >= 11 is 0. The summed E-state index contributed by atoms with van der Waals surface area (Å²) in [6.45, 7) is 2.59. The van der Waals surface area contributed by atoms with Crippen LogP contribution in [0.2, 0.25) is 0 Å². The molecule has 0 saturated carbocycles. The second-order valence-electron chi connectivity index (χ2n) is 8.00. The number of amides is 1. The molecule has 8 nitrogen and oxygen atoms in total. The number of aliphatic carboxylic acids is 1. The molecule has 180 valence electrons. The molecule has 34 heavy (non-hydrogen) atoms. The highest BCUT2D eigenvalue weighted by Gasteiger charge is 2.38. The van der Waals surface area contributed by atoms with Crippen LogP contribution >= 0.6 is 0 Å². The minimum Gasteiger partial charge on any atom is -0.475 e. The number of para-hydroxylation sites is 1. The van der Waals surface area contributed by atoms with E-state index >= 15 is 0 Å². The number of carboxylic acid groups (broad SMARTS) is 1. The zero-order chi connectivity index (χ0) is 24.3. The normalized spacial score (nSPS) is 17.9. The van der Waals surface area contributed by atoms with Gasteiger partial charge in [0.25, 0.3) is 5.91 Å². The first-order chi connectivity index (χ1) is 16.2. The van der Waals surface area contributed by atoms with Crippen LogP contribution in [0, 0.1) is 0 Å². The van der Waals surface area contributed by atoms with Gasteiger partial charge in [-0.25, -0.2) is 9.78 Å². The number of halogens is 3. The molecule has 4 heterocycles. The molecule has 5 rings (SSSR count). The highest BCUT2D eigenvalue weighted by Crippen LogP contribution is 2.31. The van der Waals surface area contributed by atoms with Crippen LogP contribution in [-0.4, -0.2) is 58.9 Å². The molecule has 2 aliphatic heterocycles. The van der Waals surface area contributed by atoms with Crippen molar-refractivity contribution in [3.05, 3.63) is 47.7 Å². The molecular weight excluding hydrogens is 453 g/mol. The van der Waals surface area contributed by atoms with Gasteiger partial charge in [-0.2, -0.15) is 13.2 Å². The van der Waals surface area contributed by atoms with Crippen LogP contribution < -0.4 is 15.4 Å². The van der Waals surface area contributed by atoms with E-state index in [4.69, 9.17) is 19.6 Å². The van der Waals surface area contributed by atoms with E-state index in [2.05, 4.69) is 15.6 Å². The Balaban J connectivity index is 0.000000344. The molecule has 1 unspecified atom stereocenters. The number of rotatable bonds is 3. The molecule has 4 N–H and O–H groups in total. The third-order valence-corrected chi connectivity index (χ3v) is 5.57. The number of carbonyl (C=O) groups excluding carboxylic acids is 1. The number of nitrogens with zero attached hydrogens (tertiary/aromatic N) is 1. The van der Waals surface area contributed by atoms with Gasteiger partial charge >= 0.3 is 12.1 Å². The zero-order valence-electron chi connectivity index (χ0n) is 18.0. The smallest absolute Gasteiger partial charge is 0.475 e. The Morgan fingerprint density at radius 2 is 1.94 bits per heavy atom. The maximum Gasteiger partial charge on any atom is 0.490 e. The Morgan fingerprint density at radius 1 is 1.15 bits per heavy atom. The number of aromatic amines is 1. The molecule has 0 bridgehead atoms. The van der Waals surface area contributed by atoms with Crippen molar-refractivity contribution in [1.82, 2.24) is 20.6 Å². The van der Waals surface area contributed by atoms with E-state index in [9.17, 15) is 18.0 Å². The Kier molecular flexibility index (Phi) is 6.73. The van der Waals surface area contributed by atoms with E-state index in [1.165, 1.54) is 0 Å². The van der Waals surface area contributed by atoms with Crippen molar-refractivity contribution in [3.8, 4) is 17.1 Å². The molecule has 0 aliphatic carbocycles. The molecule has 2 aliphatic rings. The highest BCUT2D eigenvalue weighted by atomic mass is 19.4. The summed E-state index contributed by atoms with van der Waals surface area (Å²) in [6.07, 6.45) is -1.92. The number of aromatic nitrogens is 2. The number of benzene rings is 1. The first-order valence-corrected chi connectivity index (χ1v) is 10.8. The summed E-state index contributed by atoms with van der Waals surface area (Å²) in [7, 11) is 0. The lowest BCUT2D eigenvalue weighted by molar-refractivity contribution is -0.192. The van der Waals surface area contributed by atoms with Crippen LogP contribution in [0.5, 0.6) is 5.88 Å². The van der Waals surface area contributed by atoms with Gasteiger partial charge in [0.2, 0.25) is 5.88 Å². The van der Waals surface area contributed by atoms with Crippen LogP contribution in [0.3, 0.4) is 0 Å². The lowest BCUT2D eigenvalue weighted by atomic mass is 10.1. The fraction of sp³-hybridized carbons (Fsp3) is 0.348. The lowest BCUT2D eigenvalue weighted by Crippen LogP contribution is -2.37. The van der Waals surface area contributed by atoms with Crippen LogP contribution in [0.15, 0.2) is 36.4 Å². The minimum absolute atomic E-state index is 0.0132. The summed E-state index contributed by atoms with van der Waals surface area (Å²) in [4.78, 5) is 29.2. The Bertz CT molecular complexity index is 1200. The molecular formula is C23H23F3N4O4. The van der Waals surface area contributed by atoms with Gasteiger partial charge in [0.05, 0.1) is 11.1 Å². The number of carboxylic acids is 1. The van der Waals surface area contributed by atoms with Gasteiger partial charge in [0.15, 0.2) is 0 Å². The van der Waals surface area contributed by atoms with Crippen molar-refractivity contribution >= 4 is 22.8 Å². The van der Waals surface area contributed by atoms with E-state index in [-0.39, 0.29) is 12.0 Å². The number of alkyl halides is 3. The number of ether oxygens (including phenoxy) is 1. The van der Waals surface area contributed by atoms with E-state index in [0.717, 1.165) is 65.8 Å². The van der Waals surface area contributed by atoms with Crippen molar-refractivity contribution in [3.63, 3.8) is 0 Å². The van der Waals surface area contributed by atoms with Gasteiger partial charge in [-0.3, -0.25) is 4.79 Å². The van der Waals surface area contributed by atoms with Gasteiger partial charge in [-0.15, -0.1) is 0 Å². The molecule has 1 atom stereocenters. The molecule has 1 fully saturated rings. The summed E-state index contributed by atoms with van der Waals surface area (Å²) in [5.74, 6) is -2.12. The molecule has 0 spiro atoms. The molecule has 1 aromatic carbocycles. The number of fused-ring (bicyclic) bond motifs is 2. The van der Waals surface area contributed by atoms with Gasteiger partial charge in [-0.05, 0) is 31.5 Å². The van der Waals surface area contributed by atoms with Gasteiger partial charge in [-0.1, -0.05) is 18.2 Å². The lowest BCUT2D eigenvalue weighted by Gasteiger charge is -2.23. The Labute approximate surface area is 192 Å². The summed E-state index contributed by atoms with van der Waals surface area (Å²) in [6, 6.07) is 12.0. The van der Waals surface area contributed by atoms with E-state index < -0.39 is 12.1 Å². The number of carbonyl (C=O) groups is 2. The number of hydrogen-bond acceptors (Lipinski definition) is 5. The van der Waals surface area contributed by atoms with Crippen LogP contribution in [-0.2, 0) is 11.2 Å².